The van der Waals surface area contributed by atoms with Gasteiger partial charge < -0.3 is 16.5 Å². The molecule has 0 fully saturated rings. The second-order valence-corrected chi connectivity index (χ2v) is 5.41. The first-order chi connectivity index (χ1) is 7.77. The van der Waals surface area contributed by atoms with Crippen LogP contribution in [0.5, 0.6) is 0 Å². The molecule has 0 radical (unpaired) electrons. The molecular weight excluding hydrogens is 216 g/mol. The third-order valence-corrected chi connectivity index (χ3v) is 2.79. The van der Waals surface area contributed by atoms with Crippen LogP contribution >= 0.6 is 0 Å². The second-order valence-electron chi connectivity index (χ2n) is 5.41. The van der Waals surface area contributed by atoms with Crippen molar-refractivity contribution in [1.82, 2.24) is 9.97 Å². The van der Waals surface area contributed by atoms with Crippen LogP contribution in [0.15, 0.2) is 4.79 Å². The average Bonchev–Trinajstić information content (AvgIpc) is 2.20. The molecule has 1 aromatic rings. The van der Waals surface area contributed by atoms with Crippen molar-refractivity contribution in [3.05, 3.63) is 21.7 Å². The van der Waals surface area contributed by atoms with Gasteiger partial charge >= 0.3 is 0 Å². The number of nitrogen functional groups attached to an aromatic ring is 1. The Morgan fingerprint density at radius 1 is 1.41 bits per heavy atom. The largest absolute Gasteiger partial charge is 0.383 e. The van der Waals surface area contributed by atoms with Gasteiger partial charge in [-0.1, -0.05) is 34.1 Å². The van der Waals surface area contributed by atoms with E-state index in [9.17, 15) is 4.79 Å². The van der Waals surface area contributed by atoms with Gasteiger partial charge in [-0.3, -0.25) is 4.79 Å². The summed E-state index contributed by atoms with van der Waals surface area (Å²) in [7, 11) is 0. The van der Waals surface area contributed by atoms with Gasteiger partial charge in [0.1, 0.15) is 11.6 Å². The summed E-state index contributed by atoms with van der Waals surface area (Å²) in [5, 5.41) is 0. The van der Waals surface area contributed by atoms with Gasteiger partial charge in [-0.05, 0) is 11.8 Å². The molecular formula is C12H22N4O. The molecule has 96 valence electrons. The van der Waals surface area contributed by atoms with E-state index in [0.717, 1.165) is 6.42 Å². The quantitative estimate of drug-likeness (QED) is 0.740. The summed E-state index contributed by atoms with van der Waals surface area (Å²) in [5.74, 6) is 0.755. The van der Waals surface area contributed by atoms with Gasteiger partial charge in [0.05, 0.1) is 11.6 Å². The SMILES string of the molecule is CCCc1c(N)nc(C(N)C(C)(C)C)[nH]c1=O. The number of hydrogen-bond acceptors (Lipinski definition) is 4. The number of rotatable bonds is 3. The van der Waals surface area contributed by atoms with Crippen molar-refractivity contribution in [2.45, 2.75) is 46.6 Å². The Labute approximate surface area is 102 Å². The molecule has 5 heteroatoms. The molecule has 0 spiro atoms. The molecule has 0 aliphatic carbocycles. The number of anilines is 1. The molecule has 0 saturated heterocycles. The van der Waals surface area contributed by atoms with Crippen LogP contribution < -0.4 is 17.0 Å². The maximum atomic E-state index is 11.9. The third-order valence-electron chi connectivity index (χ3n) is 2.79. The van der Waals surface area contributed by atoms with Gasteiger partial charge in [-0.25, -0.2) is 4.98 Å². The molecule has 1 atom stereocenters. The Balaban J connectivity index is 3.19. The minimum absolute atomic E-state index is 0.172. The number of aromatic nitrogens is 2. The number of nitrogens with one attached hydrogen (secondary N) is 1. The summed E-state index contributed by atoms with van der Waals surface area (Å²) in [5.41, 5.74) is 12.1. The fourth-order valence-electron chi connectivity index (χ4n) is 1.58. The van der Waals surface area contributed by atoms with Crippen LogP contribution in [-0.4, -0.2) is 9.97 Å². The summed E-state index contributed by atoms with van der Waals surface area (Å²) < 4.78 is 0. The molecule has 0 saturated carbocycles. The van der Waals surface area contributed by atoms with Crippen molar-refractivity contribution >= 4 is 5.82 Å². The maximum absolute atomic E-state index is 11.9. The highest BCUT2D eigenvalue weighted by atomic mass is 16.1. The van der Waals surface area contributed by atoms with Crippen molar-refractivity contribution in [3.8, 4) is 0 Å². The molecule has 1 rings (SSSR count). The molecule has 5 nitrogen and oxygen atoms in total. The summed E-state index contributed by atoms with van der Waals surface area (Å²) in [6.07, 6.45) is 1.50. The molecule has 1 aromatic heterocycles. The van der Waals surface area contributed by atoms with E-state index in [1.165, 1.54) is 0 Å². The summed E-state index contributed by atoms with van der Waals surface area (Å²) in [6.45, 7) is 7.98. The lowest BCUT2D eigenvalue weighted by Gasteiger charge is -2.26. The Morgan fingerprint density at radius 2 is 2.00 bits per heavy atom. The van der Waals surface area contributed by atoms with E-state index in [-0.39, 0.29) is 17.0 Å². The minimum atomic E-state index is -0.340. The van der Waals surface area contributed by atoms with E-state index in [0.29, 0.717) is 23.6 Å². The highest BCUT2D eigenvalue weighted by Gasteiger charge is 2.25. The first kappa shape index (κ1) is 13.7. The normalized spacial score (nSPS) is 13.7. The lowest BCUT2D eigenvalue weighted by molar-refractivity contribution is 0.315. The zero-order chi connectivity index (χ0) is 13.2. The van der Waals surface area contributed by atoms with E-state index in [1.54, 1.807) is 0 Å². The van der Waals surface area contributed by atoms with E-state index >= 15 is 0 Å². The van der Waals surface area contributed by atoms with E-state index < -0.39 is 0 Å². The van der Waals surface area contributed by atoms with Crippen molar-refractivity contribution in [2.24, 2.45) is 11.1 Å². The highest BCUT2D eigenvalue weighted by molar-refractivity contribution is 5.38. The van der Waals surface area contributed by atoms with Crippen molar-refractivity contribution < 1.29 is 0 Å². The Hall–Kier alpha value is -1.36. The fraction of sp³-hybridized carbons (Fsp3) is 0.667. The van der Waals surface area contributed by atoms with Gasteiger partial charge in [-0.15, -0.1) is 0 Å². The van der Waals surface area contributed by atoms with Crippen molar-refractivity contribution in [2.75, 3.05) is 5.73 Å². The zero-order valence-corrected chi connectivity index (χ0v) is 11.0. The minimum Gasteiger partial charge on any atom is -0.383 e. The molecule has 5 N–H and O–H groups in total. The van der Waals surface area contributed by atoms with E-state index in [4.69, 9.17) is 11.5 Å². The predicted octanol–water partition coefficient (Wildman–Crippen LogP) is 1.35. The van der Waals surface area contributed by atoms with Crippen LogP contribution in [0.2, 0.25) is 0 Å². The monoisotopic (exact) mass is 238 g/mol. The maximum Gasteiger partial charge on any atom is 0.256 e. The fourth-order valence-corrected chi connectivity index (χ4v) is 1.58. The average molecular weight is 238 g/mol. The number of hydrogen-bond donors (Lipinski definition) is 3. The van der Waals surface area contributed by atoms with Crippen LogP contribution in [0.4, 0.5) is 5.82 Å². The summed E-state index contributed by atoms with van der Waals surface area (Å²) in [6, 6.07) is -0.340. The summed E-state index contributed by atoms with van der Waals surface area (Å²) >= 11 is 0. The molecule has 17 heavy (non-hydrogen) atoms. The standard InChI is InChI=1S/C12H22N4O/c1-5-6-7-9(14)15-10(16-11(7)17)8(13)12(2,3)4/h8H,5-6,13H2,1-4H3,(H3,14,15,16,17). The molecule has 1 unspecified atom stereocenters. The van der Waals surface area contributed by atoms with E-state index in [1.807, 2.05) is 27.7 Å². The molecule has 0 amide bonds. The van der Waals surface area contributed by atoms with Crippen LogP contribution in [-0.2, 0) is 6.42 Å². The molecule has 0 aliphatic heterocycles. The van der Waals surface area contributed by atoms with Crippen molar-refractivity contribution in [1.29, 1.82) is 0 Å². The summed E-state index contributed by atoms with van der Waals surface area (Å²) in [4.78, 5) is 18.8. The first-order valence-corrected chi connectivity index (χ1v) is 5.91. The number of H-pyrrole nitrogens is 1. The second kappa shape index (κ2) is 4.87. The first-order valence-electron chi connectivity index (χ1n) is 5.91. The van der Waals surface area contributed by atoms with Gasteiger partial charge in [0.15, 0.2) is 0 Å². The topological polar surface area (TPSA) is 97.8 Å². The highest BCUT2D eigenvalue weighted by Crippen LogP contribution is 2.28. The van der Waals surface area contributed by atoms with Gasteiger partial charge in [-0.2, -0.15) is 0 Å². The Morgan fingerprint density at radius 3 is 2.41 bits per heavy atom. The predicted molar refractivity (Wildman–Crippen MR) is 69.6 cm³/mol. The van der Waals surface area contributed by atoms with Crippen molar-refractivity contribution in [3.63, 3.8) is 0 Å². The van der Waals surface area contributed by atoms with Gasteiger partial charge in [0.2, 0.25) is 0 Å². The number of nitrogens with two attached hydrogens (primary N) is 2. The lowest BCUT2D eigenvalue weighted by Crippen LogP contribution is -2.31. The van der Waals surface area contributed by atoms with Gasteiger partial charge in [0.25, 0.3) is 5.56 Å². The van der Waals surface area contributed by atoms with Crippen LogP contribution in [0.25, 0.3) is 0 Å². The molecule has 0 bridgehead atoms. The third kappa shape index (κ3) is 3.06. The van der Waals surface area contributed by atoms with Gasteiger partial charge in [0, 0.05) is 0 Å². The number of nitrogens with zero attached hydrogens (tertiary/aromatic N) is 1. The zero-order valence-electron chi connectivity index (χ0n) is 11.0. The Bertz CT molecular complexity index is 445. The number of aromatic amines is 1. The molecule has 0 aliphatic rings. The smallest absolute Gasteiger partial charge is 0.256 e. The Kier molecular flexibility index (Phi) is 3.93. The van der Waals surface area contributed by atoms with E-state index in [2.05, 4.69) is 9.97 Å². The molecule has 0 aromatic carbocycles. The molecule has 1 heterocycles. The van der Waals surface area contributed by atoms with Crippen LogP contribution in [0.1, 0.15) is 51.5 Å². The van der Waals surface area contributed by atoms with Crippen LogP contribution in [0, 0.1) is 5.41 Å². The lowest BCUT2D eigenvalue weighted by atomic mass is 9.87. The van der Waals surface area contributed by atoms with Crippen LogP contribution in [0.3, 0.4) is 0 Å².